The molecule has 4 aliphatic rings. The summed E-state index contributed by atoms with van der Waals surface area (Å²) in [4.78, 5) is 24.9. The molecule has 182 valence electrons. The Kier molecular flexibility index (Phi) is 6.47. The van der Waals surface area contributed by atoms with E-state index in [2.05, 4.69) is 29.6 Å². The van der Waals surface area contributed by atoms with Crippen LogP contribution in [0.3, 0.4) is 0 Å². The van der Waals surface area contributed by atoms with Crippen molar-refractivity contribution in [2.24, 2.45) is 29.1 Å². The molecule has 2 atom stereocenters. The van der Waals surface area contributed by atoms with Crippen LogP contribution in [-0.4, -0.2) is 44.9 Å². The zero-order valence-corrected chi connectivity index (χ0v) is 20.7. The SMILES string of the molecule is CC(=O)NC(C)(C)C=Cn1ncc(C(=O)NC2C3CC4CC2CC(CO)(C4)C3)c1CC(C)C. The monoisotopic (exact) mass is 456 g/mol. The molecule has 33 heavy (non-hydrogen) atoms. The van der Waals surface area contributed by atoms with Gasteiger partial charge in [-0.2, -0.15) is 5.10 Å². The van der Waals surface area contributed by atoms with Crippen LogP contribution in [0, 0.1) is 29.1 Å². The van der Waals surface area contributed by atoms with Crippen molar-refractivity contribution in [3.05, 3.63) is 23.5 Å². The summed E-state index contributed by atoms with van der Waals surface area (Å²) in [7, 11) is 0. The number of rotatable bonds is 8. The van der Waals surface area contributed by atoms with Crippen LogP contribution < -0.4 is 10.6 Å². The highest BCUT2D eigenvalue weighted by molar-refractivity contribution is 5.95. The number of nitrogens with one attached hydrogen (secondary N) is 2. The van der Waals surface area contributed by atoms with Gasteiger partial charge in [0.05, 0.1) is 23.0 Å². The van der Waals surface area contributed by atoms with E-state index in [1.54, 1.807) is 10.9 Å². The van der Waals surface area contributed by atoms with Gasteiger partial charge < -0.3 is 15.7 Å². The van der Waals surface area contributed by atoms with E-state index in [9.17, 15) is 14.7 Å². The lowest BCUT2D eigenvalue weighted by atomic mass is 9.48. The molecule has 4 bridgehead atoms. The lowest BCUT2D eigenvalue weighted by Gasteiger charge is -2.59. The molecule has 0 spiro atoms. The fourth-order valence-corrected chi connectivity index (χ4v) is 6.90. The molecule has 1 heterocycles. The van der Waals surface area contributed by atoms with Crippen LogP contribution >= 0.6 is 0 Å². The lowest BCUT2D eigenvalue weighted by Crippen LogP contribution is -2.60. The van der Waals surface area contributed by atoms with Crippen molar-refractivity contribution in [1.29, 1.82) is 0 Å². The highest BCUT2D eigenvalue weighted by atomic mass is 16.3. The summed E-state index contributed by atoms with van der Waals surface area (Å²) < 4.78 is 1.77. The minimum absolute atomic E-state index is 0.0399. The zero-order valence-electron chi connectivity index (χ0n) is 20.7. The molecule has 0 aliphatic heterocycles. The van der Waals surface area contributed by atoms with Gasteiger partial charge in [-0.1, -0.05) is 13.8 Å². The highest BCUT2D eigenvalue weighted by Crippen LogP contribution is 2.59. The molecule has 7 heteroatoms. The maximum absolute atomic E-state index is 13.5. The van der Waals surface area contributed by atoms with Crippen LogP contribution in [0.15, 0.2) is 12.3 Å². The number of aliphatic hydroxyl groups is 1. The Morgan fingerprint density at radius 3 is 2.52 bits per heavy atom. The summed E-state index contributed by atoms with van der Waals surface area (Å²) in [6.45, 7) is 9.91. The number of carbonyl (C=O) groups excluding carboxylic acids is 2. The first-order valence-corrected chi connectivity index (χ1v) is 12.5. The smallest absolute Gasteiger partial charge is 0.255 e. The molecule has 2 unspecified atom stereocenters. The van der Waals surface area contributed by atoms with Gasteiger partial charge in [0.25, 0.3) is 5.91 Å². The van der Waals surface area contributed by atoms with Gasteiger partial charge in [-0.15, -0.1) is 0 Å². The highest BCUT2D eigenvalue weighted by Gasteiger charge is 2.55. The molecule has 0 aromatic carbocycles. The van der Waals surface area contributed by atoms with Gasteiger partial charge in [-0.25, -0.2) is 4.68 Å². The molecule has 3 N–H and O–H groups in total. The Labute approximate surface area is 197 Å². The van der Waals surface area contributed by atoms with E-state index in [4.69, 9.17) is 0 Å². The first-order chi connectivity index (χ1) is 15.5. The van der Waals surface area contributed by atoms with Crippen LogP contribution in [0.5, 0.6) is 0 Å². The van der Waals surface area contributed by atoms with Crippen LogP contribution in [0.2, 0.25) is 0 Å². The van der Waals surface area contributed by atoms with E-state index in [-0.39, 0.29) is 29.9 Å². The molecule has 4 saturated carbocycles. The minimum atomic E-state index is -0.516. The van der Waals surface area contributed by atoms with Crippen molar-refractivity contribution >= 4 is 18.0 Å². The largest absolute Gasteiger partial charge is 0.396 e. The third-order valence-corrected chi connectivity index (χ3v) is 7.91. The third kappa shape index (κ3) is 5.03. The fourth-order valence-electron chi connectivity index (χ4n) is 6.90. The molecule has 2 amide bonds. The second-order valence-electron chi connectivity index (χ2n) is 11.9. The van der Waals surface area contributed by atoms with Gasteiger partial charge in [-0.05, 0) is 87.5 Å². The predicted octanol–water partition coefficient (Wildman–Crippen LogP) is 3.38. The van der Waals surface area contributed by atoms with Gasteiger partial charge in [-0.3, -0.25) is 9.59 Å². The quantitative estimate of drug-likeness (QED) is 0.559. The summed E-state index contributed by atoms with van der Waals surface area (Å²) in [6.07, 6.45) is 11.7. The van der Waals surface area contributed by atoms with Crippen molar-refractivity contribution in [3.8, 4) is 0 Å². The zero-order chi connectivity index (χ0) is 24.0. The Hall–Kier alpha value is -2.15. The summed E-state index contributed by atoms with van der Waals surface area (Å²) in [6, 6.07) is 0.193. The van der Waals surface area contributed by atoms with E-state index >= 15 is 0 Å². The second kappa shape index (κ2) is 8.90. The summed E-state index contributed by atoms with van der Waals surface area (Å²) in [5, 5.41) is 20.8. The summed E-state index contributed by atoms with van der Waals surface area (Å²) >= 11 is 0. The van der Waals surface area contributed by atoms with Crippen LogP contribution in [0.4, 0.5) is 0 Å². The Morgan fingerprint density at radius 1 is 1.27 bits per heavy atom. The molecule has 1 aromatic rings. The van der Waals surface area contributed by atoms with Gasteiger partial charge in [0.2, 0.25) is 5.91 Å². The van der Waals surface area contributed by atoms with E-state index in [0.29, 0.717) is 29.2 Å². The molecule has 0 radical (unpaired) electrons. The van der Waals surface area contributed by atoms with Gasteiger partial charge in [0.15, 0.2) is 0 Å². The Morgan fingerprint density at radius 2 is 1.94 bits per heavy atom. The van der Waals surface area contributed by atoms with Crippen molar-refractivity contribution in [2.75, 3.05) is 6.61 Å². The minimum Gasteiger partial charge on any atom is -0.396 e. The molecule has 7 nitrogen and oxygen atoms in total. The van der Waals surface area contributed by atoms with Crippen LogP contribution in [0.25, 0.3) is 6.20 Å². The average molecular weight is 457 g/mol. The van der Waals surface area contributed by atoms with Crippen molar-refractivity contribution < 1.29 is 14.7 Å². The topological polar surface area (TPSA) is 96.2 Å². The maximum atomic E-state index is 13.5. The molecule has 0 saturated heterocycles. The Bertz CT molecular complexity index is 916. The van der Waals surface area contributed by atoms with E-state index < -0.39 is 5.54 Å². The number of hydrogen-bond donors (Lipinski definition) is 3. The van der Waals surface area contributed by atoms with E-state index in [1.165, 1.54) is 19.8 Å². The van der Waals surface area contributed by atoms with E-state index in [1.807, 2.05) is 26.1 Å². The number of nitrogens with zero attached hydrogens (tertiary/aromatic N) is 2. The van der Waals surface area contributed by atoms with Gasteiger partial charge in [0, 0.05) is 25.8 Å². The normalized spacial score (nSPS) is 30.9. The van der Waals surface area contributed by atoms with Crippen molar-refractivity contribution in [2.45, 2.75) is 84.7 Å². The molecular weight excluding hydrogens is 416 g/mol. The number of aliphatic hydroxyl groups excluding tert-OH is 1. The second-order valence-corrected chi connectivity index (χ2v) is 11.9. The third-order valence-electron chi connectivity index (χ3n) is 7.91. The molecule has 5 rings (SSSR count). The van der Waals surface area contributed by atoms with Crippen molar-refractivity contribution in [1.82, 2.24) is 20.4 Å². The lowest BCUT2D eigenvalue weighted by molar-refractivity contribution is -0.120. The maximum Gasteiger partial charge on any atom is 0.255 e. The van der Waals surface area contributed by atoms with Crippen molar-refractivity contribution in [3.63, 3.8) is 0 Å². The number of aromatic nitrogens is 2. The molecule has 1 aromatic heterocycles. The number of amides is 2. The van der Waals surface area contributed by atoms with Gasteiger partial charge >= 0.3 is 0 Å². The predicted molar refractivity (Wildman–Crippen MR) is 128 cm³/mol. The number of carbonyl (C=O) groups is 2. The fraction of sp³-hybridized carbons (Fsp3) is 0.731. The van der Waals surface area contributed by atoms with Crippen LogP contribution in [0.1, 0.15) is 82.8 Å². The summed E-state index contributed by atoms with van der Waals surface area (Å²) in [5.41, 5.74) is 1.11. The van der Waals surface area contributed by atoms with Crippen LogP contribution in [-0.2, 0) is 11.2 Å². The first-order valence-electron chi connectivity index (χ1n) is 12.5. The first kappa shape index (κ1) is 24.0. The number of hydrogen-bond acceptors (Lipinski definition) is 4. The summed E-state index contributed by atoms with van der Waals surface area (Å²) in [5.74, 6) is 1.88. The molecular formula is C26H40N4O3. The average Bonchev–Trinajstić information content (AvgIpc) is 3.09. The van der Waals surface area contributed by atoms with Gasteiger partial charge in [0.1, 0.15) is 0 Å². The molecule has 4 fully saturated rings. The van der Waals surface area contributed by atoms with E-state index in [0.717, 1.165) is 31.4 Å². The molecule has 4 aliphatic carbocycles. The Balaban J connectivity index is 1.53. The standard InChI is InChI=1S/C26H40N4O3/c1-16(2)8-22-21(14-27-30(22)7-6-25(4,5)29-17(3)32)24(33)28-23-19-9-18-10-20(23)13-26(11-18,12-19)15-31/h6-7,14,16,18-20,23,31H,8-13,15H2,1-5H3,(H,28,33)(H,29,32).